The number of hydrogen-bond donors (Lipinski definition) is 2. The van der Waals surface area contributed by atoms with Gasteiger partial charge in [-0.05, 0) is 37.1 Å². The minimum Gasteiger partial charge on any atom is -0.399 e. The van der Waals surface area contributed by atoms with Crippen LogP contribution in [0.4, 0.5) is 11.4 Å². The average molecular weight is 286 g/mol. The molecule has 0 fully saturated rings. The number of nitrogens with one attached hydrogen (secondary N) is 1. The Morgan fingerprint density at radius 3 is 2.81 bits per heavy atom. The SMILES string of the molecule is Cc1cnn(CCC(=O)Nc2cc(N)ccc2C)c(=O)c1. The molecule has 0 spiro atoms. The van der Waals surface area contributed by atoms with Crippen molar-refractivity contribution >= 4 is 17.3 Å². The van der Waals surface area contributed by atoms with Gasteiger partial charge in [-0.15, -0.1) is 0 Å². The number of anilines is 2. The summed E-state index contributed by atoms with van der Waals surface area (Å²) in [6, 6.07) is 6.83. The second-order valence-electron chi connectivity index (χ2n) is 4.97. The lowest BCUT2D eigenvalue weighted by molar-refractivity contribution is -0.116. The van der Waals surface area contributed by atoms with Crippen molar-refractivity contribution < 1.29 is 4.79 Å². The highest BCUT2D eigenvalue weighted by Crippen LogP contribution is 2.18. The molecule has 0 atom stereocenters. The maximum absolute atomic E-state index is 11.9. The third kappa shape index (κ3) is 3.92. The number of aryl methyl sites for hydroxylation is 3. The molecular formula is C15H18N4O2. The van der Waals surface area contributed by atoms with Crippen LogP contribution in [0.15, 0.2) is 35.3 Å². The molecule has 1 aromatic carbocycles. The Morgan fingerprint density at radius 1 is 1.33 bits per heavy atom. The van der Waals surface area contributed by atoms with Crippen LogP contribution in [0.25, 0.3) is 0 Å². The van der Waals surface area contributed by atoms with E-state index >= 15 is 0 Å². The van der Waals surface area contributed by atoms with Crippen molar-refractivity contribution in [2.45, 2.75) is 26.8 Å². The Hall–Kier alpha value is -2.63. The van der Waals surface area contributed by atoms with E-state index < -0.39 is 0 Å². The highest BCUT2D eigenvalue weighted by Gasteiger charge is 2.07. The van der Waals surface area contributed by atoms with E-state index in [1.54, 1.807) is 25.3 Å². The van der Waals surface area contributed by atoms with Gasteiger partial charge in [0.25, 0.3) is 5.56 Å². The van der Waals surface area contributed by atoms with E-state index in [1.165, 1.54) is 10.7 Å². The van der Waals surface area contributed by atoms with Gasteiger partial charge >= 0.3 is 0 Å². The average Bonchev–Trinajstić information content (AvgIpc) is 2.42. The molecule has 0 unspecified atom stereocenters. The van der Waals surface area contributed by atoms with Gasteiger partial charge < -0.3 is 11.1 Å². The first kappa shape index (κ1) is 14.8. The molecule has 0 bridgehead atoms. The Kier molecular flexibility index (Phi) is 4.37. The molecule has 6 nitrogen and oxygen atoms in total. The van der Waals surface area contributed by atoms with Crippen molar-refractivity contribution in [1.82, 2.24) is 9.78 Å². The molecule has 2 aromatic rings. The first-order chi connectivity index (χ1) is 9.95. The number of carbonyl (C=O) groups excluding carboxylic acids is 1. The Morgan fingerprint density at radius 2 is 2.10 bits per heavy atom. The van der Waals surface area contributed by atoms with Crippen molar-refractivity contribution in [2.24, 2.45) is 0 Å². The molecule has 1 amide bonds. The lowest BCUT2D eigenvalue weighted by Gasteiger charge is -2.09. The monoisotopic (exact) mass is 286 g/mol. The molecule has 0 radical (unpaired) electrons. The normalized spacial score (nSPS) is 10.4. The van der Waals surface area contributed by atoms with E-state index in [1.807, 2.05) is 13.0 Å². The van der Waals surface area contributed by atoms with Gasteiger partial charge in [0, 0.05) is 23.9 Å². The summed E-state index contributed by atoms with van der Waals surface area (Å²) < 4.78 is 1.28. The number of hydrogen-bond acceptors (Lipinski definition) is 4. The molecule has 1 heterocycles. The zero-order valence-corrected chi connectivity index (χ0v) is 12.1. The zero-order valence-electron chi connectivity index (χ0n) is 12.1. The maximum Gasteiger partial charge on any atom is 0.266 e. The molecule has 3 N–H and O–H groups in total. The van der Waals surface area contributed by atoms with Gasteiger partial charge in [0.1, 0.15) is 0 Å². The van der Waals surface area contributed by atoms with E-state index in [0.717, 1.165) is 11.1 Å². The second-order valence-corrected chi connectivity index (χ2v) is 4.97. The van der Waals surface area contributed by atoms with Gasteiger partial charge in [-0.1, -0.05) is 6.07 Å². The fourth-order valence-corrected chi connectivity index (χ4v) is 1.89. The zero-order chi connectivity index (χ0) is 15.4. The number of carbonyl (C=O) groups is 1. The highest BCUT2D eigenvalue weighted by molar-refractivity contribution is 5.91. The second kappa shape index (κ2) is 6.21. The molecule has 0 saturated carbocycles. The van der Waals surface area contributed by atoms with E-state index in [0.29, 0.717) is 11.4 Å². The summed E-state index contributed by atoms with van der Waals surface area (Å²) in [4.78, 5) is 23.6. The molecule has 2 rings (SSSR count). The minimum absolute atomic E-state index is 0.171. The van der Waals surface area contributed by atoms with Crippen molar-refractivity contribution in [2.75, 3.05) is 11.1 Å². The third-order valence-corrected chi connectivity index (χ3v) is 3.09. The van der Waals surface area contributed by atoms with Crippen LogP contribution in [0.1, 0.15) is 17.5 Å². The number of benzene rings is 1. The van der Waals surface area contributed by atoms with Gasteiger partial charge in [0.05, 0.1) is 12.7 Å². The van der Waals surface area contributed by atoms with E-state index in [2.05, 4.69) is 10.4 Å². The quantitative estimate of drug-likeness (QED) is 0.833. The van der Waals surface area contributed by atoms with Crippen LogP contribution < -0.4 is 16.6 Å². The van der Waals surface area contributed by atoms with Crippen LogP contribution in [0.3, 0.4) is 0 Å². The summed E-state index contributed by atoms with van der Waals surface area (Å²) in [5, 5.41) is 6.78. The number of nitrogens with zero attached hydrogens (tertiary/aromatic N) is 2. The van der Waals surface area contributed by atoms with Gasteiger partial charge in [-0.2, -0.15) is 5.10 Å². The predicted molar refractivity (Wildman–Crippen MR) is 82.1 cm³/mol. The Labute approximate surface area is 122 Å². The molecule has 1 aromatic heterocycles. The van der Waals surface area contributed by atoms with E-state index in [4.69, 9.17) is 5.73 Å². The minimum atomic E-state index is -0.206. The summed E-state index contributed by atoms with van der Waals surface area (Å²) in [6.45, 7) is 3.93. The van der Waals surface area contributed by atoms with E-state index in [9.17, 15) is 9.59 Å². The van der Waals surface area contributed by atoms with Gasteiger partial charge in [-0.3, -0.25) is 9.59 Å². The Bertz CT molecular complexity index is 722. The largest absolute Gasteiger partial charge is 0.399 e. The summed E-state index contributed by atoms with van der Waals surface area (Å²) in [7, 11) is 0. The van der Waals surface area contributed by atoms with Gasteiger partial charge in [-0.25, -0.2) is 4.68 Å². The van der Waals surface area contributed by atoms with Crippen LogP contribution in [0.5, 0.6) is 0 Å². The standard InChI is InChI=1S/C15H18N4O2/c1-10-7-15(21)19(17-9-10)6-5-14(20)18-13-8-12(16)4-3-11(13)2/h3-4,7-9H,5-6,16H2,1-2H3,(H,18,20). The fraction of sp³-hybridized carbons (Fsp3) is 0.267. The Balaban J connectivity index is 1.99. The molecule has 0 aliphatic rings. The summed E-state index contributed by atoms with van der Waals surface area (Å²) in [5.74, 6) is -0.182. The van der Waals surface area contributed by atoms with Crippen LogP contribution >= 0.6 is 0 Å². The van der Waals surface area contributed by atoms with Crippen molar-refractivity contribution in [3.05, 3.63) is 51.9 Å². The molecule has 110 valence electrons. The summed E-state index contributed by atoms with van der Waals surface area (Å²) in [5.41, 5.74) is 8.50. The highest BCUT2D eigenvalue weighted by atomic mass is 16.2. The van der Waals surface area contributed by atoms with Crippen LogP contribution in [0, 0.1) is 13.8 Å². The number of nitrogen functional groups attached to an aromatic ring is 1. The lowest BCUT2D eigenvalue weighted by atomic mass is 10.2. The van der Waals surface area contributed by atoms with E-state index in [-0.39, 0.29) is 24.4 Å². The smallest absolute Gasteiger partial charge is 0.266 e. The van der Waals surface area contributed by atoms with Crippen molar-refractivity contribution in [1.29, 1.82) is 0 Å². The predicted octanol–water partition coefficient (Wildman–Crippen LogP) is 1.47. The molecule has 0 aliphatic carbocycles. The third-order valence-electron chi connectivity index (χ3n) is 3.09. The topological polar surface area (TPSA) is 90.0 Å². The van der Waals surface area contributed by atoms with Gasteiger partial charge in [0.15, 0.2) is 0 Å². The maximum atomic E-state index is 11.9. The summed E-state index contributed by atoms with van der Waals surface area (Å²) in [6.07, 6.45) is 1.77. The first-order valence-corrected chi connectivity index (χ1v) is 6.65. The van der Waals surface area contributed by atoms with Crippen LogP contribution in [-0.4, -0.2) is 15.7 Å². The molecule has 0 aliphatic heterocycles. The molecular weight excluding hydrogens is 268 g/mol. The molecule has 21 heavy (non-hydrogen) atoms. The number of nitrogens with two attached hydrogens (primary N) is 1. The van der Waals surface area contributed by atoms with Gasteiger partial charge in [0.2, 0.25) is 5.91 Å². The first-order valence-electron chi connectivity index (χ1n) is 6.65. The van der Waals surface area contributed by atoms with Crippen molar-refractivity contribution in [3.63, 3.8) is 0 Å². The van der Waals surface area contributed by atoms with Crippen LogP contribution in [-0.2, 0) is 11.3 Å². The number of aromatic nitrogens is 2. The molecule has 0 saturated heterocycles. The number of amides is 1. The molecule has 6 heteroatoms. The van der Waals surface area contributed by atoms with Crippen molar-refractivity contribution in [3.8, 4) is 0 Å². The number of rotatable bonds is 4. The lowest BCUT2D eigenvalue weighted by Crippen LogP contribution is -2.25. The summed E-state index contributed by atoms with van der Waals surface area (Å²) >= 11 is 0. The fourth-order valence-electron chi connectivity index (χ4n) is 1.89. The van der Waals surface area contributed by atoms with Crippen LogP contribution in [0.2, 0.25) is 0 Å².